The van der Waals surface area contributed by atoms with Crippen molar-refractivity contribution in [1.29, 1.82) is 0 Å². The fourth-order valence-electron chi connectivity index (χ4n) is 2.26. The third kappa shape index (κ3) is 3.61. The lowest BCUT2D eigenvalue weighted by Gasteiger charge is -2.33. The van der Waals surface area contributed by atoms with Crippen LogP contribution in [-0.2, 0) is 14.8 Å². The summed E-state index contributed by atoms with van der Waals surface area (Å²) in [5.74, 6) is 0. The van der Waals surface area contributed by atoms with Crippen LogP contribution in [-0.4, -0.2) is 26.3 Å². The average Bonchev–Trinajstić information content (AvgIpc) is 2.40. The normalized spacial score (nSPS) is 24.0. The highest BCUT2D eigenvalue weighted by atomic mass is 79.9. The van der Waals surface area contributed by atoms with E-state index in [9.17, 15) is 8.42 Å². The van der Waals surface area contributed by atoms with Gasteiger partial charge in [0.1, 0.15) is 0 Å². The molecule has 4 nitrogen and oxygen atoms in total. The lowest BCUT2D eigenvalue weighted by Crippen LogP contribution is -2.45. The molecule has 1 aromatic rings. The molecule has 20 heavy (non-hydrogen) atoms. The summed E-state index contributed by atoms with van der Waals surface area (Å²) in [5.41, 5.74) is 0.989. The van der Waals surface area contributed by atoms with E-state index in [4.69, 9.17) is 4.74 Å². The topological polar surface area (TPSA) is 55.4 Å². The Hall–Kier alpha value is -0.430. The van der Waals surface area contributed by atoms with Gasteiger partial charge in [0.2, 0.25) is 10.0 Å². The minimum absolute atomic E-state index is 0.213. The molecule has 0 radical (unpaired) electrons. The van der Waals surface area contributed by atoms with Gasteiger partial charge in [0, 0.05) is 11.1 Å². The van der Waals surface area contributed by atoms with Crippen molar-refractivity contribution >= 4 is 26.0 Å². The van der Waals surface area contributed by atoms with Gasteiger partial charge in [-0.05, 0) is 38.3 Å². The smallest absolute Gasteiger partial charge is 0.214 e. The largest absolute Gasteiger partial charge is 0.372 e. The van der Waals surface area contributed by atoms with E-state index < -0.39 is 15.3 Å². The minimum atomic E-state index is -3.30. The van der Waals surface area contributed by atoms with Crippen LogP contribution in [0.3, 0.4) is 0 Å². The van der Waals surface area contributed by atoms with E-state index >= 15 is 0 Å². The molecule has 1 N–H and O–H groups in total. The second-order valence-corrected chi connectivity index (χ2v) is 8.40. The third-order valence-corrected chi connectivity index (χ3v) is 6.06. The maximum Gasteiger partial charge on any atom is 0.214 e. The van der Waals surface area contributed by atoms with Crippen molar-refractivity contribution in [3.8, 4) is 0 Å². The molecular formula is C14H20BrNO3S. The SMILES string of the molecule is CC(C)S(=O)(=O)N[C@H]1CCCO[C@@H]1c1ccccc1Br. The van der Waals surface area contributed by atoms with Gasteiger partial charge in [-0.25, -0.2) is 13.1 Å². The predicted octanol–water partition coefficient (Wildman–Crippen LogP) is 3.00. The van der Waals surface area contributed by atoms with Gasteiger partial charge in [0.05, 0.1) is 17.4 Å². The Morgan fingerprint density at radius 2 is 2.05 bits per heavy atom. The van der Waals surface area contributed by atoms with Gasteiger partial charge < -0.3 is 4.74 Å². The molecule has 1 heterocycles. The van der Waals surface area contributed by atoms with Crippen molar-refractivity contribution in [1.82, 2.24) is 4.72 Å². The van der Waals surface area contributed by atoms with Crippen LogP contribution in [0.15, 0.2) is 28.7 Å². The molecule has 1 saturated heterocycles. The molecule has 6 heteroatoms. The summed E-state index contributed by atoms with van der Waals surface area (Å²) >= 11 is 3.51. The third-order valence-electron chi connectivity index (χ3n) is 3.47. The van der Waals surface area contributed by atoms with Crippen LogP contribution in [0, 0.1) is 0 Å². The fraction of sp³-hybridized carbons (Fsp3) is 0.571. The molecular weight excluding hydrogens is 342 g/mol. The van der Waals surface area contributed by atoms with E-state index in [1.165, 1.54) is 0 Å². The first kappa shape index (κ1) is 15.9. The van der Waals surface area contributed by atoms with Crippen LogP contribution in [0.4, 0.5) is 0 Å². The standard InChI is InChI=1S/C14H20BrNO3S/c1-10(2)20(17,18)16-13-8-5-9-19-14(13)11-6-3-4-7-12(11)15/h3-4,6-7,10,13-14,16H,5,8-9H2,1-2H3/t13-,14+/m0/s1. The number of hydrogen-bond donors (Lipinski definition) is 1. The molecule has 0 spiro atoms. The first-order chi connectivity index (χ1) is 9.42. The van der Waals surface area contributed by atoms with E-state index in [-0.39, 0.29) is 12.1 Å². The minimum Gasteiger partial charge on any atom is -0.372 e. The molecule has 1 aliphatic heterocycles. The predicted molar refractivity (Wildman–Crippen MR) is 83.0 cm³/mol. The van der Waals surface area contributed by atoms with Gasteiger partial charge in [0.15, 0.2) is 0 Å². The zero-order chi connectivity index (χ0) is 14.8. The van der Waals surface area contributed by atoms with Crippen LogP contribution in [0.2, 0.25) is 0 Å². The Bertz CT molecular complexity index is 559. The summed E-state index contributed by atoms with van der Waals surface area (Å²) in [4.78, 5) is 0. The lowest BCUT2D eigenvalue weighted by molar-refractivity contribution is -0.00488. The molecule has 0 amide bonds. The number of rotatable bonds is 4. The molecule has 1 aliphatic rings. The van der Waals surface area contributed by atoms with E-state index in [0.29, 0.717) is 6.61 Å². The second-order valence-electron chi connectivity index (χ2n) is 5.27. The van der Waals surface area contributed by atoms with Gasteiger partial charge in [-0.1, -0.05) is 34.1 Å². The molecule has 0 unspecified atom stereocenters. The Balaban J connectivity index is 2.24. The summed E-state index contributed by atoms with van der Waals surface area (Å²) in [5, 5.41) is -0.440. The second kappa shape index (κ2) is 6.56. The highest BCUT2D eigenvalue weighted by Gasteiger charge is 2.32. The first-order valence-corrected chi connectivity index (χ1v) is 9.13. The summed E-state index contributed by atoms with van der Waals surface area (Å²) in [7, 11) is -3.30. The molecule has 2 rings (SSSR count). The Kier molecular flexibility index (Phi) is 5.23. The molecule has 2 atom stereocenters. The number of benzene rings is 1. The molecule has 1 fully saturated rings. The number of halogens is 1. The Labute approximate surface area is 129 Å². The van der Waals surface area contributed by atoms with Crippen LogP contribution in [0.5, 0.6) is 0 Å². The van der Waals surface area contributed by atoms with Crippen LogP contribution in [0.25, 0.3) is 0 Å². The summed E-state index contributed by atoms with van der Waals surface area (Å²) in [6.07, 6.45) is 1.41. The Morgan fingerprint density at radius 3 is 2.70 bits per heavy atom. The number of ether oxygens (including phenoxy) is 1. The lowest BCUT2D eigenvalue weighted by atomic mass is 9.97. The highest BCUT2D eigenvalue weighted by molar-refractivity contribution is 9.10. The van der Waals surface area contributed by atoms with Gasteiger partial charge in [0.25, 0.3) is 0 Å². The number of sulfonamides is 1. The van der Waals surface area contributed by atoms with E-state index in [0.717, 1.165) is 22.9 Å². The molecule has 0 bridgehead atoms. The number of hydrogen-bond acceptors (Lipinski definition) is 3. The highest BCUT2D eigenvalue weighted by Crippen LogP contribution is 2.33. The van der Waals surface area contributed by atoms with E-state index in [1.807, 2.05) is 24.3 Å². The monoisotopic (exact) mass is 361 g/mol. The van der Waals surface area contributed by atoms with Crippen LogP contribution in [0.1, 0.15) is 38.4 Å². The average molecular weight is 362 g/mol. The van der Waals surface area contributed by atoms with Crippen LogP contribution < -0.4 is 4.72 Å². The van der Waals surface area contributed by atoms with Gasteiger partial charge in [-0.2, -0.15) is 0 Å². The zero-order valence-electron chi connectivity index (χ0n) is 11.7. The quantitative estimate of drug-likeness (QED) is 0.896. The van der Waals surface area contributed by atoms with E-state index in [2.05, 4.69) is 20.7 Å². The fourth-order valence-corrected chi connectivity index (χ4v) is 3.71. The molecule has 0 aromatic heterocycles. The van der Waals surface area contributed by atoms with E-state index in [1.54, 1.807) is 13.8 Å². The van der Waals surface area contributed by atoms with Crippen LogP contribution >= 0.6 is 15.9 Å². The zero-order valence-corrected chi connectivity index (χ0v) is 14.1. The van der Waals surface area contributed by atoms with Gasteiger partial charge >= 0.3 is 0 Å². The van der Waals surface area contributed by atoms with Gasteiger partial charge in [-0.3, -0.25) is 0 Å². The maximum atomic E-state index is 12.1. The first-order valence-electron chi connectivity index (χ1n) is 6.79. The van der Waals surface area contributed by atoms with Crippen molar-refractivity contribution in [2.75, 3.05) is 6.61 Å². The summed E-state index contributed by atoms with van der Waals surface area (Å²) in [6, 6.07) is 7.57. The molecule has 1 aromatic carbocycles. The van der Waals surface area contributed by atoms with Crippen molar-refractivity contribution in [2.45, 2.75) is 44.1 Å². The Morgan fingerprint density at radius 1 is 1.35 bits per heavy atom. The summed E-state index contributed by atoms with van der Waals surface area (Å²) in [6.45, 7) is 4.02. The molecule has 112 valence electrons. The maximum absolute atomic E-state index is 12.1. The summed E-state index contributed by atoms with van der Waals surface area (Å²) < 4.78 is 33.7. The van der Waals surface area contributed by atoms with Crippen molar-refractivity contribution in [3.05, 3.63) is 34.3 Å². The van der Waals surface area contributed by atoms with Gasteiger partial charge in [-0.15, -0.1) is 0 Å². The van der Waals surface area contributed by atoms with Crippen molar-refractivity contribution in [2.24, 2.45) is 0 Å². The molecule has 0 saturated carbocycles. The van der Waals surface area contributed by atoms with Crippen molar-refractivity contribution < 1.29 is 13.2 Å². The number of nitrogens with one attached hydrogen (secondary N) is 1. The van der Waals surface area contributed by atoms with Crippen molar-refractivity contribution in [3.63, 3.8) is 0 Å². The molecule has 0 aliphatic carbocycles.